The van der Waals surface area contributed by atoms with Crippen LogP contribution in [0.15, 0.2) is 42.6 Å². The molecule has 3 rings (SSSR count). The summed E-state index contributed by atoms with van der Waals surface area (Å²) >= 11 is 0. The molecule has 1 aromatic heterocycles. The van der Waals surface area contributed by atoms with Crippen molar-refractivity contribution < 1.29 is 13.5 Å². The van der Waals surface area contributed by atoms with Gasteiger partial charge in [0, 0.05) is 18.5 Å². The van der Waals surface area contributed by atoms with Crippen molar-refractivity contribution in [2.75, 3.05) is 13.1 Å². The SMILES string of the molecule is Fc1cnc(O[C@@H](c2ccccc2)[C@H]2CCNC2)c(F)c1. The number of nitrogens with one attached hydrogen (secondary N) is 1. The van der Waals surface area contributed by atoms with E-state index >= 15 is 0 Å². The lowest BCUT2D eigenvalue weighted by atomic mass is 9.95. The van der Waals surface area contributed by atoms with Crippen LogP contribution in [0.25, 0.3) is 0 Å². The molecule has 1 aliphatic heterocycles. The summed E-state index contributed by atoms with van der Waals surface area (Å²) in [4.78, 5) is 3.72. The second-order valence-electron chi connectivity index (χ2n) is 5.14. The molecule has 1 saturated heterocycles. The first-order valence-electron chi connectivity index (χ1n) is 6.97. The van der Waals surface area contributed by atoms with E-state index in [1.807, 2.05) is 30.3 Å². The Balaban J connectivity index is 1.88. The highest BCUT2D eigenvalue weighted by Crippen LogP contribution is 2.32. The lowest BCUT2D eigenvalue weighted by Gasteiger charge is -2.24. The van der Waals surface area contributed by atoms with Gasteiger partial charge in [-0.15, -0.1) is 0 Å². The number of hydrogen-bond donors (Lipinski definition) is 1. The Hall–Kier alpha value is -2.01. The zero-order valence-electron chi connectivity index (χ0n) is 11.4. The molecule has 0 aliphatic carbocycles. The number of pyridine rings is 1. The standard InChI is InChI=1S/C16H16F2N2O/c17-13-8-14(18)16(20-10-13)21-15(12-6-7-19-9-12)11-4-2-1-3-5-11/h1-5,8,10,12,15,19H,6-7,9H2/t12-,15-/m0/s1. The van der Waals surface area contributed by atoms with Crippen LogP contribution in [-0.4, -0.2) is 18.1 Å². The summed E-state index contributed by atoms with van der Waals surface area (Å²) in [5, 5.41) is 3.28. The quantitative estimate of drug-likeness (QED) is 0.939. The van der Waals surface area contributed by atoms with Crippen molar-refractivity contribution in [3.05, 3.63) is 59.8 Å². The van der Waals surface area contributed by atoms with Crippen molar-refractivity contribution >= 4 is 0 Å². The Morgan fingerprint density at radius 3 is 2.71 bits per heavy atom. The summed E-state index contributed by atoms with van der Waals surface area (Å²) in [6.07, 6.45) is 1.61. The lowest BCUT2D eigenvalue weighted by molar-refractivity contribution is 0.131. The number of benzene rings is 1. The van der Waals surface area contributed by atoms with Crippen LogP contribution in [0, 0.1) is 17.6 Å². The predicted molar refractivity (Wildman–Crippen MR) is 74.9 cm³/mol. The molecule has 3 nitrogen and oxygen atoms in total. The van der Waals surface area contributed by atoms with Crippen molar-refractivity contribution in [2.24, 2.45) is 5.92 Å². The molecule has 1 aliphatic rings. The van der Waals surface area contributed by atoms with Gasteiger partial charge in [-0.2, -0.15) is 0 Å². The van der Waals surface area contributed by atoms with Crippen molar-refractivity contribution in [1.29, 1.82) is 0 Å². The molecule has 0 unspecified atom stereocenters. The molecule has 2 atom stereocenters. The van der Waals surface area contributed by atoms with E-state index in [4.69, 9.17) is 4.74 Å². The average Bonchev–Trinajstić information content (AvgIpc) is 3.01. The molecule has 1 aromatic carbocycles. The summed E-state index contributed by atoms with van der Waals surface area (Å²) in [7, 11) is 0. The molecule has 2 aromatic rings. The highest BCUT2D eigenvalue weighted by molar-refractivity contribution is 5.22. The monoisotopic (exact) mass is 290 g/mol. The van der Waals surface area contributed by atoms with Gasteiger partial charge >= 0.3 is 0 Å². The van der Waals surface area contributed by atoms with Crippen molar-refractivity contribution in [3.8, 4) is 5.88 Å². The van der Waals surface area contributed by atoms with Gasteiger partial charge in [0.25, 0.3) is 5.88 Å². The first-order chi connectivity index (χ1) is 10.2. The number of rotatable bonds is 4. The third-order valence-corrected chi connectivity index (χ3v) is 3.67. The van der Waals surface area contributed by atoms with Crippen molar-refractivity contribution in [3.63, 3.8) is 0 Å². The van der Waals surface area contributed by atoms with E-state index in [2.05, 4.69) is 10.3 Å². The largest absolute Gasteiger partial charge is 0.467 e. The third kappa shape index (κ3) is 3.19. The van der Waals surface area contributed by atoms with Gasteiger partial charge in [0.15, 0.2) is 5.82 Å². The Kier molecular flexibility index (Phi) is 4.10. The third-order valence-electron chi connectivity index (χ3n) is 3.67. The minimum Gasteiger partial charge on any atom is -0.467 e. The van der Waals surface area contributed by atoms with E-state index in [0.29, 0.717) is 0 Å². The Morgan fingerprint density at radius 2 is 2.05 bits per heavy atom. The zero-order chi connectivity index (χ0) is 14.7. The summed E-state index contributed by atoms with van der Waals surface area (Å²) in [5.41, 5.74) is 0.969. The van der Waals surface area contributed by atoms with Crippen LogP contribution in [0.4, 0.5) is 8.78 Å². The van der Waals surface area contributed by atoms with E-state index in [9.17, 15) is 8.78 Å². The minimum atomic E-state index is -0.776. The molecular weight excluding hydrogens is 274 g/mol. The molecule has 0 radical (unpaired) electrons. The van der Waals surface area contributed by atoms with Gasteiger partial charge < -0.3 is 10.1 Å². The molecule has 1 fully saturated rings. The molecular formula is C16H16F2N2O. The lowest BCUT2D eigenvalue weighted by Crippen LogP contribution is -2.22. The van der Waals surface area contributed by atoms with E-state index in [0.717, 1.165) is 37.3 Å². The maximum atomic E-state index is 13.8. The van der Waals surface area contributed by atoms with Gasteiger partial charge in [-0.3, -0.25) is 0 Å². The first-order valence-corrected chi connectivity index (χ1v) is 6.97. The molecule has 0 spiro atoms. The first kappa shape index (κ1) is 13.9. The van der Waals surface area contributed by atoms with Gasteiger partial charge in [0.1, 0.15) is 11.9 Å². The fraction of sp³-hybridized carbons (Fsp3) is 0.312. The summed E-state index contributed by atoms with van der Waals surface area (Å²) in [5.74, 6) is -1.41. The summed E-state index contributed by atoms with van der Waals surface area (Å²) < 4.78 is 32.5. The Bertz CT molecular complexity index is 600. The van der Waals surface area contributed by atoms with Gasteiger partial charge in [-0.25, -0.2) is 13.8 Å². The summed E-state index contributed by atoms with van der Waals surface area (Å²) in [6.45, 7) is 1.72. The average molecular weight is 290 g/mol. The number of ether oxygens (including phenoxy) is 1. The molecule has 5 heteroatoms. The van der Waals surface area contributed by atoms with Gasteiger partial charge in [0.05, 0.1) is 6.20 Å². The van der Waals surface area contributed by atoms with Gasteiger partial charge in [0.2, 0.25) is 0 Å². The number of halogens is 2. The van der Waals surface area contributed by atoms with E-state index in [1.54, 1.807) is 0 Å². The number of hydrogen-bond acceptors (Lipinski definition) is 3. The molecule has 1 N–H and O–H groups in total. The number of aromatic nitrogens is 1. The van der Waals surface area contributed by atoms with Crippen LogP contribution < -0.4 is 10.1 Å². The maximum absolute atomic E-state index is 13.8. The minimum absolute atomic E-state index is 0.155. The van der Waals surface area contributed by atoms with E-state index < -0.39 is 11.6 Å². The molecule has 2 heterocycles. The van der Waals surface area contributed by atoms with Crippen molar-refractivity contribution in [2.45, 2.75) is 12.5 Å². The van der Waals surface area contributed by atoms with Crippen molar-refractivity contribution in [1.82, 2.24) is 10.3 Å². The van der Waals surface area contributed by atoms with Crippen LogP contribution in [0.3, 0.4) is 0 Å². The van der Waals surface area contributed by atoms with E-state index in [-0.39, 0.29) is 17.9 Å². The maximum Gasteiger partial charge on any atom is 0.251 e. The molecule has 0 bridgehead atoms. The van der Waals surface area contributed by atoms with Crippen LogP contribution in [0.5, 0.6) is 5.88 Å². The second kappa shape index (κ2) is 6.18. The van der Waals surface area contributed by atoms with Crippen LogP contribution in [-0.2, 0) is 0 Å². The zero-order valence-corrected chi connectivity index (χ0v) is 11.4. The topological polar surface area (TPSA) is 34.1 Å². The molecule has 110 valence electrons. The second-order valence-corrected chi connectivity index (χ2v) is 5.14. The summed E-state index contributed by atoms with van der Waals surface area (Å²) in [6, 6.07) is 10.4. The normalized spacial score (nSPS) is 19.4. The van der Waals surface area contributed by atoms with Gasteiger partial charge in [-0.05, 0) is 18.5 Å². The highest BCUT2D eigenvalue weighted by Gasteiger charge is 2.29. The smallest absolute Gasteiger partial charge is 0.251 e. The van der Waals surface area contributed by atoms with E-state index in [1.165, 1.54) is 0 Å². The van der Waals surface area contributed by atoms with Crippen LogP contribution in [0.1, 0.15) is 18.1 Å². The fourth-order valence-electron chi connectivity index (χ4n) is 2.62. The van der Waals surface area contributed by atoms with Crippen LogP contribution in [0.2, 0.25) is 0 Å². The highest BCUT2D eigenvalue weighted by atomic mass is 19.1. The molecule has 0 amide bonds. The predicted octanol–water partition coefficient (Wildman–Crippen LogP) is 3.09. The Labute approximate surface area is 122 Å². The fourth-order valence-corrected chi connectivity index (χ4v) is 2.62. The van der Waals surface area contributed by atoms with Crippen LogP contribution >= 0.6 is 0 Å². The Morgan fingerprint density at radius 1 is 1.24 bits per heavy atom. The van der Waals surface area contributed by atoms with Gasteiger partial charge in [-0.1, -0.05) is 30.3 Å². The molecule has 21 heavy (non-hydrogen) atoms. The molecule has 0 saturated carbocycles. The number of nitrogens with zero attached hydrogens (tertiary/aromatic N) is 1.